The van der Waals surface area contributed by atoms with Crippen LogP contribution >= 0.6 is 0 Å². The van der Waals surface area contributed by atoms with Crippen molar-refractivity contribution in [3.63, 3.8) is 0 Å². The Balaban J connectivity index is 2.13. The maximum absolute atomic E-state index is 10.6. The van der Waals surface area contributed by atoms with Crippen LogP contribution in [0.3, 0.4) is 0 Å². The maximum Gasteiger partial charge on any atom is 0.433 e. The molecule has 1 heterocycles. The largest absolute Gasteiger partial charge is 0.545 e. The molecule has 0 saturated carbocycles. The zero-order valence-corrected chi connectivity index (χ0v) is 9.61. The Morgan fingerprint density at radius 3 is 2.32 bits per heavy atom. The first-order valence-electron chi connectivity index (χ1n) is 5.30. The molecule has 0 amide bonds. The minimum atomic E-state index is -1.24. The highest BCUT2D eigenvalue weighted by molar-refractivity contribution is 5.86. The Morgan fingerprint density at radius 2 is 1.79 bits per heavy atom. The molecule has 0 N–H and O–H groups in total. The summed E-state index contributed by atoms with van der Waals surface area (Å²) in [5.74, 6) is -1.22. The van der Waals surface area contributed by atoms with E-state index in [1.165, 1.54) is 24.3 Å². The Kier molecular flexibility index (Phi) is 3.42. The van der Waals surface area contributed by atoms with Gasteiger partial charge in [0.1, 0.15) is 10.7 Å². The zero-order valence-electron chi connectivity index (χ0n) is 9.61. The Morgan fingerprint density at radius 1 is 1.11 bits per heavy atom. The van der Waals surface area contributed by atoms with Crippen LogP contribution in [0.5, 0.6) is 0 Å². The van der Waals surface area contributed by atoms with Gasteiger partial charge in [-0.15, -0.1) is 0 Å². The molecule has 0 fully saturated rings. The molecule has 0 unspecified atom stereocenters. The number of nitrogens with zero attached hydrogens (tertiary/aromatic N) is 1. The van der Waals surface area contributed by atoms with Gasteiger partial charge in [-0.1, -0.05) is 30.3 Å². The first kappa shape index (κ1) is 12.6. The lowest BCUT2D eigenvalue weighted by atomic mass is 10.1. The van der Waals surface area contributed by atoms with Crippen LogP contribution < -0.4 is 5.11 Å². The van der Waals surface area contributed by atoms with E-state index in [-0.39, 0.29) is 11.4 Å². The summed E-state index contributed by atoms with van der Waals surface area (Å²) < 4.78 is 4.94. The quantitative estimate of drug-likeness (QED) is 0.614. The lowest BCUT2D eigenvalue weighted by Gasteiger charge is -2.01. The number of nitro groups is 1. The molecular weight excluding hydrogens is 250 g/mol. The fourth-order valence-corrected chi connectivity index (χ4v) is 1.44. The summed E-state index contributed by atoms with van der Waals surface area (Å²) in [7, 11) is 0. The summed E-state index contributed by atoms with van der Waals surface area (Å²) in [6, 6.07) is 8.76. The van der Waals surface area contributed by atoms with Gasteiger partial charge in [0.2, 0.25) is 0 Å². The lowest BCUT2D eigenvalue weighted by molar-refractivity contribution is -0.402. The van der Waals surface area contributed by atoms with E-state index in [4.69, 9.17) is 4.42 Å². The van der Waals surface area contributed by atoms with Crippen LogP contribution in [0.15, 0.2) is 40.8 Å². The van der Waals surface area contributed by atoms with Crippen LogP contribution in [0, 0.1) is 10.1 Å². The Bertz CT molecular complexity index is 639. The first-order chi connectivity index (χ1) is 9.06. The standard InChI is InChI=1S/C13H9NO5/c15-13(16)10-4-1-9(2-5-10)3-6-11-7-8-12(19-11)14(17)18/h1-8H,(H,15,16)/p-1/b6-3-. The number of benzene rings is 1. The van der Waals surface area contributed by atoms with E-state index in [9.17, 15) is 20.0 Å². The average molecular weight is 258 g/mol. The van der Waals surface area contributed by atoms with Crippen molar-refractivity contribution in [2.75, 3.05) is 0 Å². The van der Waals surface area contributed by atoms with Crippen molar-refractivity contribution in [2.24, 2.45) is 0 Å². The summed E-state index contributed by atoms with van der Waals surface area (Å²) in [6.07, 6.45) is 3.21. The van der Waals surface area contributed by atoms with Gasteiger partial charge in [0.15, 0.2) is 0 Å². The molecule has 96 valence electrons. The third-order valence-corrected chi connectivity index (χ3v) is 2.38. The number of hydrogen-bond donors (Lipinski definition) is 0. The van der Waals surface area contributed by atoms with Gasteiger partial charge in [0, 0.05) is 0 Å². The van der Waals surface area contributed by atoms with Gasteiger partial charge >= 0.3 is 5.88 Å². The first-order valence-corrected chi connectivity index (χ1v) is 5.30. The van der Waals surface area contributed by atoms with Crippen molar-refractivity contribution < 1.29 is 19.2 Å². The van der Waals surface area contributed by atoms with Crippen LogP contribution in [0.25, 0.3) is 12.2 Å². The van der Waals surface area contributed by atoms with Crippen molar-refractivity contribution in [1.82, 2.24) is 0 Å². The summed E-state index contributed by atoms with van der Waals surface area (Å²) in [5, 5.41) is 21.0. The van der Waals surface area contributed by atoms with Crippen molar-refractivity contribution in [3.05, 3.63) is 63.4 Å². The molecule has 0 radical (unpaired) electrons. The molecule has 2 aromatic rings. The smallest absolute Gasteiger partial charge is 0.433 e. The lowest BCUT2D eigenvalue weighted by Crippen LogP contribution is -2.21. The van der Waals surface area contributed by atoms with Crippen LogP contribution in [0.4, 0.5) is 5.88 Å². The number of carbonyl (C=O) groups is 1. The predicted octanol–water partition coefficient (Wildman–Crippen LogP) is 1.72. The van der Waals surface area contributed by atoms with Gasteiger partial charge in [-0.3, -0.25) is 10.1 Å². The summed E-state index contributed by atoms with van der Waals surface area (Å²) in [6.45, 7) is 0. The van der Waals surface area contributed by atoms with Crippen LogP contribution in [0.1, 0.15) is 21.7 Å². The molecule has 0 saturated heterocycles. The number of hydrogen-bond acceptors (Lipinski definition) is 5. The van der Waals surface area contributed by atoms with Gasteiger partial charge in [0.25, 0.3) is 0 Å². The average Bonchev–Trinajstić information content (AvgIpc) is 2.86. The highest BCUT2D eigenvalue weighted by atomic mass is 16.6. The highest BCUT2D eigenvalue weighted by Crippen LogP contribution is 2.18. The molecule has 1 aromatic heterocycles. The molecule has 0 atom stereocenters. The Hall–Kier alpha value is -2.89. The van der Waals surface area contributed by atoms with Crippen LogP contribution in [-0.2, 0) is 0 Å². The van der Waals surface area contributed by atoms with Gasteiger partial charge in [-0.25, -0.2) is 0 Å². The second kappa shape index (κ2) is 5.18. The number of carboxylic acids is 1. The van der Waals surface area contributed by atoms with Crippen molar-refractivity contribution >= 4 is 24.0 Å². The summed E-state index contributed by atoms with van der Waals surface area (Å²) >= 11 is 0. The van der Waals surface area contributed by atoms with Crippen molar-refractivity contribution in [3.8, 4) is 0 Å². The molecule has 0 bridgehead atoms. The Labute approximate surface area is 107 Å². The number of furan rings is 1. The molecule has 0 aliphatic carbocycles. The molecule has 2 rings (SSSR count). The molecule has 0 aliphatic rings. The van der Waals surface area contributed by atoms with E-state index in [0.29, 0.717) is 5.76 Å². The summed E-state index contributed by atoms with van der Waals surface area (Å²) in [5.41, 5.74) is 0.829. The third-order valence-electron chi connectivity index (χ3n) is 2.38. The highest BCUT2D eigenvalue weighted by Gasteiger charge is 2.09. The van der Waals surface area contributed by atoms with E-state index in [1.807, 2.05) is 0 Å². The molecule has 19 heavy (non-hydrogen) atoms. The monoisotopic (exact) mass is 258 g/mol. The van der Waals surface area contributed by atoms with E-state index < -0.39 is 10.9 Å². The molecule has 6 heteroatoms. The molecule has 6 nitrogen and oxygen atoms in total. The molecular formula is C13H8NO5-. The zero-order chi connectivity index (χ0) is 13.8. The van der Waals surface area contributed by atoms with E-state index in [2.05, 4.69) is 0 Å². The van der Waals surface area contributed by atoms with Gasteiger partial charge < -0.3 is 14.3 Å². The minimum Gasteiger partial charge on any atom is -0.545 e. The SMILES string of the molecule is O=C([O-])c1ccc(/C=C\c2ccc([N+](=O)[O-])o2)cc1. The maximum atomic E-state index is 10.6. The number of carboxylic acid groups (broad SMARTS) is 1. The number of aromatic carboxylic acids is 1. The second-order valence-corrected chi connectivity index (χ2v) is 3.68. The van der Waals surface area contributed by atoms with Crippen LogP contribution in [0.2, 0.25) is 0 Å². The predicted molar refractivity (Wildman–Crippen MR) is 65.1 cm³/mol. The molecule has 1 aromatic carbocycles. The van der Waals surface area contributed by atoms with Gasteiger partial charge in [-0.05, 0) is 23.3 Å². The van der Waals surface area contributed by atoms with Gasteiger partial charge in [-0.2, -0.15) is 0 Å². The number of carbonyl (C=O) groups excluding carboxylic acids is 1. The topological polar surface area (TPSA) is 96.4 Å². The third kappa shape index (κ3) is 3.06. The second-order valence-electron chi connectivity index (χ2n) is 3.68. The van der Waals surface area contributed by atoms with Crippen molar-refractivity contribution in [1.29, 1.82) is 0 Å². The fourth-order valence-electron chi connectivity index (χ4n) is 1.44. The van der Waals surface area contributed by atoms with E-state index in [0.717, 1.165) is 5.56 Å². The van der Waals surface area contributed by atoms with E-state index >= 15 is 0 Å². The summed E-state index contributed by atoms with van der Waals surface area (Å²) in [4.78, 5) is 20.3. The normalized spacial score (nSPS) is 10.7. The van der Waals surface area contributed by atoms with E-state index in [1.54, 1.807) is 24.3 Å². The van der Waals surface area contributed by atoms with Crippen LogP contribution in [-0.4, -0.2) is 10.9 Å². The fraction of sp³-hybridized carbons (Fsp3) is 0. The number of rotatable bonds is 4. The van der Waals surface area contributed by atoms with Crippen molar-refractivity contribution in [2.45, 2.75) is 0 Å². The van der Waals surface area contributed by atoms with Gasteiger partial charge in [0.05, 0.1) is 12.0 Å². The molecule has 0 aliphatic heterocycles. The molecule has 0 spiro atoms. The minimum absolute atomic E-state index is 0.0887.